The molecule has 34 heavy (non-hydrogen) atoms. The first-order valence-corrected chi connectivity index (χ1v) is 11.9. The van der Waals surface area contributed by atoms with Crippen molar-refractivity contribution in [1.29, 1.82) is 0 Å². The maximum Gasteiger partial charge on any atom is 0.294 e. The summed E-state index contributed by atoms with van der Waals surface area (Å²) in [6.45, 7) is 2.43. The summed E-state index contributed by atoms with van der Waals surface area (Å²) in [6.07, 6.45) is 4.88. The number of imide groups is 1. The zero-order chi connectivity index (χ0) is 24.0. The third-order valence-corrected chi connectivity index (χ3v) is 7.55. The number of carbonyl (C=O) groups excluding carboxylic acids is 2. The molecule has 176 valence electrons. The number of nitro groups is 1. The Morgan fingerprint density at radius 3 is 1.97 bits per heavy atom. The van der Waals surface area contributed by atoms with Crippen molar-refractivity contribution in [2.24, 2.45) is 11.8 Å². The average Bonchev–Trinajstić information content (AvgIpc) is 3.10. The van der Waals surface area contributed by atoms with Crippen LogP contribution in [0.1, 0.15) is 12.8 Å². The quantitative estimate of drug-likeness (QED) is 0.262. The molecule has 10 heteroatoms. The smallest absolute Gasteiger partial charge is 0.294 e. The van der Waals surface area contributed by atoms with E-state index in [1.807, 2.05) is 29.2 Å². The van der Waals surface area contributed by atoms with Crippen LogP contribution in [0.25, 0.3) is 0 Å². The van der Waals surface area contributed by atoms with Crippen molar-refractivity contribution in [3.63, 3.8) is 0 Å². The zero-order valence-electron chi connectivity index (χ0n) is 18.2. The average molecular weight is 501 g/mol. The van der Waals surface area contributed by atoms with Gasteiger partial charge >= 0.3 is 0 Å². The van der Waals surface area contributed by atoms with Gasteiger partial charge in [-0.25, -0.2) is 4.90 Å². The van der Waals surface area contributed by atoms with E-state index in [-0.39, 0.29) is 35.0 Å². The number of fused-ring (bicyclic) bond motifs is 1. The number of benzene rings is 2. The second kappa shape index (κ2) is 8.92. The van der Waals surface area contributed by atoms with Crippen LogP contribution >= 0.6 is 23.2 Å². The number of halogens is 2. The molecule has 2 fully saturated rings. The third-order valence-electron chi connectivity index (χ3n) is 6.81. The SMILES string of the molecule is O=C1[C@H]2CC=CC[C@H]2C(=O)N1c1ccc(N2CCN(c3ccc(Cl)c(Cl)c3)CC2)c([N+](=O)[O-])c1. The molecule has 2 aromatic rings. The highest BCUT2D eigenvalue weighted by Gasteiger charge is 2.48. The Morgan fingerprint density at radius 1 is 0.794 bits per heavy atom. The standard InChI is InChI=1S/C24H22Cl2N4O4/c25-19-7-5-15(13-20(19)26)27-9-11-28(12-10-27)21-8-6-16(14-22(21)30(33)34)29-23(31)17-3-1-2-4-18(17)24(29)32/h1-2,5-8,13-14,17-18H,3-4,9-12H2/t17-,18+. The lowest BCUT2D eigenvalue weighted by molar-refractivity contribution is -0.384. The van der Waals surface area contributed by atoms with Crippen LogP contribution in [0.4, 0.5) is 22.7 Å². The number of hydrogen-bond donors (Lipinski definition) is 0. The Balaban J connectivity index is 1.36. The van der Waals surface area contributed by atoms with Gasteiger partial charge in [0.2, 0.25) is 11.8 Å². The van der Waals surface area contributed by atoms with Gasteiger partial charge in [-0.15, -0.1) is 0 Å². The molecule has 0 radical (unpaired) electrons. The second-order valence-corrected chi connectivity index (χ2v) is 9.48. The number of amides is 2. The van der Waals surface area contributed by atoms with Gasteiger partial charge in [-0.2, -0.15) is 0 Å². The fourth-order valence-corrected chi connectivity index (χ4v) is 5.30. The fraction of sp³-hybridized carbons (Fsp3) is 0.333. The van der Waals surface area contributed by atoms with Gasteiger partial charge in [0.25, 0.3) is 5.69 Å². The predicted octanol–water partition coefficient (Wildman–Crippen LogP) is 4.68. The van der Waals surface area contributed by atoms with Crippen molar-refractivity contribution < 1.29 is 14.5 Å². The lowest BCUT2D eigenvalue weighted by atomic mass is 9.85. The Bertz CT molecular complexity index is 1180. The Morgan fingerprint density at radius 2 is 1.38 bits per heavy atom. The summed E-state index contributed by atoms with van der Waals surface area (Å²) < 4.78 is 0. The molecule has 5 rings (SSSR count). The minimum absolute atomic E-state index is 0.117. The number of piperazine rings is 1. The molecule has 1 aliphatic carbocycles. The van der Waals surface area contributed by atoms with Crippen molar-refractivity contribution in [1.82, 2.24) is 0 Å². The van der Waals surface area contributed by atoms with E-state index in [1.54, 1.807) is 18.2 Å². The molecule has 0 bridgehead atoms. The van der Waals surface area contributed by atoms with Crippen LogP contribution in [-0.4, -0.2) is 42.9 Å². The summed E-state index contributed by atoms with van der Waals surface area (Å²) in [5, 5.41) is 12.9. The van der Waals surface area contributed by atoms with Crippen LogP contribution in [0.15, 0.2) is 48.6 Å². The van der Waals surface area contributed by atoms with Gasteiger partial charge in [0, 0.05) is 37.9 Å². The maximum absolute atomic E-state index is 12.9. The van der Waals surface area contributed by atoms with E-state index in [0.29, 0.717) is 54.8 Å². The molecule has 0 unspecified atom stereocenters. The number of hydrogen-bond acceptors (Lipinski definition) is 6. The van der Waals surface area contributed by atoms with E-state index < -0.39 is 4.92 Å². The topological polar surface area (TPSA) is 87.0 Å². The lowest BCUT2D eigenvalue weighted by Gasteiger charge is -2.37. The van der Waals surface area contributed by atoms with Gasteiger partial charge < -0.3 is 9.80 Å². The van der Waals surface area contributed by atoms with E-state index >= 15 is 0 Å². The molecule has 0 aromatic heterocycles. The van der Waals surface area contributed by atoms with Crippen LogP contribution in [-0.2, 0) is 9.59 Å². The van der Waals surface area contributed by atoms with E-state index in [2.05, 4.69) is 4.90 Å². The molecule has 2 aromatic carbocycles. The molecule has 0 spiro atoms. The van der Waals surface area contributed by atoms with Gasteiger partial charge in [0.1, 0.15) is 5.69 Å². The van der Waals surface area contributed by atoms with E-state index in [0.717, 1.165) is 10.6 Å². The number of allylic oxidation sites excluding steroid dienone is 2. The lowest BCUT2D eigenvalue weighted by Crippen LogP contribution is -2.46. The molecule has 0 N–H and O–H groups in total. The summed E-state index contributed by atoms with van der Waals surface area (Å²) in [5.74, 6) is -1.33. The van der Waals surface area contributed by atoms with Crippen LogP contribution in [0.3, 0.4) is 0 Å². The number of rotatable bonds is 4. The van der Waals surface area contributed by atoms with Crippen molar-refractivity contribution in [2.75, 3.05) is 40.9 Å². The summed E-state index contributed by atoms with van der Waals surface area (Å²) in [6, 6.07) is 10.1. The van der Waals surface area contributed by atoms with Gasteiger partial charge in [-0.05, 0) is 43.2 Å². The molecule has 3 aliphatic rings. The molecular weight excluding hydrogens is 479 g/mol. The fourth-order valence-electron chi connectivity index (χ4n) is 5.01. The third kappa shape index (κ3) is 3.91. The van der Waals surface area contributed by atoms with Crippen LogP contribution in [0, 0.1) is 22.0 Å². The Kier molecular flexibility index (Phi) is 5.95. The van der Waals surface area contributed by atoms with Crippen molar-refractivity contribution in [3.05, 3.63) is 68.7 Å². The first kappa shape index (κ1) is 22.7. The molecule has 2 amide bonds. The van der Waals surface area contributed by atoms with Gasteiger partial charge in [0.15, 0.2) is 0 Å². The molecule has 2 heterocycles. The predicted molar refractivity (Wildman–Crippen MR) is 132 cm³/mol. The largest absolute Gasteiger partial charge is 0.368 e. The van der Waals surface area contributed by atoms with E-state index in [9.17, 15) is 19.7 Å². The number of anilines is 3. The molecule has 0 saturated carbocycles. The highest BCUT2D eigenvalue weighted by molar-refractivity contribution is 6.42. The van der Waals surface area contributed by atoms with Crippen LogP contribution < -0.4 is 14.7 Å². The molecule has 2 atom stereocenters. The minimum atomic E-state index is -0.455. The maximum atomic E-state index is 12.9. The normalized spacial score (nSPS) is 22.4. The van der Waals surface area contributed by atoms with Crippen molar-refractivity contribution in [3.8, 4) is 0 Å². The summed E-state index contributed by atoms with van der Waals surface area (Å²) in [4.78, 5) is 42.5. The van der Waals surface area contributed by atoms with E-state index in [1.165, 1.54) is 6.07 Å². The summed E-state index contributed by atoms with van der Waals surface area (Å²) in [5.41, 5.74) is 1.56. The van der Waals surface area contributed by atoms with E-state index in [4.69, 9.17) is 23.2 Å². The molecular formula is C24H22Cl2N4O4. The second-order valence-electron chi connectivity index (χ2n) is 8.67. The minimum Gasteiger partial charge on any atom is -0.368 e. The Hall–Kier alpha value is -3.10. The number of nitro benzene ring substituents is 1. The van der Waals surface area contributed by atoms with Crippen LogP contribution in [0.2, 0.25) is 10.0 Å². The Labute approximate surface area is 206 Å². The summed E-state index contributed by atoms with van der Waals surface area (Å²) >= 11 is 12.2. The van der Waals surface area contributed by atoms with Crippen molar-refractivity contribution in [2.45, 2.75) is 12.8 Å². The molecule has 2 saturated heterocycles. The number of carbonyl (C=O) groups is 2. The number of nitrogens with zero attached hydrogens (tertiary/aromatic N) is 4. The van der Waals surface area contributed by atoms with Crippen LogP contribution in [0.5, 0.6) is 0 Å². The van der Waals surface area contributed by atoms with Crippen molar-refractivity contribution >= 4 is 57.8 Å². The van der Waals surface area contributed by atoms with Gasteiger partial charge in [-0.1, -0.05) is 35.4 Å². The highest BCUT2D eigenvalue weighted by atomic mass is 35.5. The summed E-state index contributed by atoms with van der Waals surface area (Å²) in [7, 11) is 0. The first-order valence-electron chi connectivity index (χ1n) is 11.1. The first-order chi connectivity index (χ1) is 16.3. The molecule has 2 aliphatic heterocycles. The highest BCUT2D eigenvalue weighted by Crippen LogP contribution is 2.40. The van der Waals surface area contributed by atoms with Gasteiger partial charge in [0.05, 0.1) is 32.5 Å². The van der Waals surface area contributed by atoms with Gasteiger partial charge in [-0.3, -0.25) is 19.7 Å². The molecule has 8 nitrogen and oxygen atoms in total. The zero-order valence-corrected chi connectivity index (χ0v) is 19.7. The monoisotopic (exact) mass is 500 g/mol.